The number of likely N-dealkylation sites (tertiary alicyclic amines) is 1. The highest BCUT2D eigenvalue weighted by Gasteiger charge is 2.42. The molecule has 0 bridgehead atoms. The summed E-state index contributed by atoms with van der Waals surface area (Å²) in [4.78, 5) is 2.49. The Morgan fingerprint density at radius 1 is 1.42 bits per heavy atom. The van der Waals surface area contributed by atoms with Gasteiger partial charge in [-0.05, 0) is 37.8 Å². The van der Waals surface area contributed by atoms with Gasteiger partial charge in [-0.2, -0.15) is 0 Å². The van der Waals surface area contributed by atoms with Gasteiger partial charge in [0.15, 0.2) is 0 Å². The van der Waals surface area contributed by atoms with E-state index in [4.69, 9.17) is 0 Å². The van der Waals surface area contributed by atoms with Crippen LogP contribution in [0, 0.1) is 5.92 Å². The summed E-state index contributed by atoms with van der Waals surface area (Å²) in [6.45, 7) is 11.4. The van der Waals surface area contributed by atoms with Crippen LogP contribution in [0.25, 0.3) is 0 Å². The van der Waals surface area contributed by atoms with E-state index in [-0.39, 0.29) is 5.60 Å². The Morgan fingerprint density at radius 2 is 2.26 bits per heavy atom. The Bertz CT molecular complexity index is 305. The van der Waals surface area contributed by atoms with Gasteiger partial charge in [0, 0.05) is 32.1 Å². The molecule has 2 fully saturated rings. The first-order valence-corrected chi connectivity index (χ1v) is 7.96. The molecule has 0 radical (unpaired) electrons. The van der Waals surface area contributed by atoms with E-state index in [9.17, 15) is 5.11 Å². The molecule has 2 N–H and O–H groups in total. The zero-order valence-corrected chi connectivity index (χ0v) is 12.5. The summed E-state index contributed by atoms with van der Waals surface area (Å²) in [7, 11) is 0. The fourth-order valence-corrected chi connectivity index (χ4v) is 3.60. The Morgan fingerprint density at radius 3 is 3.05 bits per heavy atom. The highest BCUT2D eigenvalue weighted by molar-refractivity contribution is 5.03. The first-order chi connectivity index (χ1) is 9.14. The van der Waals surface area contributed by atoms with Crippen LogP contribution in [0.3, 0.4) is 0 Å². The predicted molar refractivity (Wildman–Crippen MR) is 80.3 cm³/mol. The molecule has 1 aliphatic heterocycles. The Labute approximate surface area is 118 Å². The van der Waals surface area contributed by atoms with Gasteiger partial charge in [-0.15, -0.1) is 0 Å². The second-order valence-electron chi connectivity index (χ2n) is 6.46. The molecule has 1 saturated carbocycles. The van der Waals surface area contributed by atoms with Crippen LogP contribution in [0.1, 0.15) is 45.4 Å². The smallest absolute Gasteiger partial charge is 0.0700 e. The molecule has 1 heterocycles. The van der Waals surface area contributed by atoms with Crippen LogP contribution in [0.4, 0.5) is 0 Å². The van der Waals surface area contributed by atoms with E-state index >= 15 is 0 Å². The largest absolute Gasteiger partial charge is 0.390 e. The van der Waals surface area contributed by atoms with Gasteiger partial charge >= 0.3 is 0 Å². The highest BCUT2D eigenvalue weighted by Crippen LogP contribution is 2.39. The molecule has 0 aromatic heterocycles. The number of nitrogens with one attached hydrogen (secondary N) is 1. The van der Waals surface area contributed by atoms with Crippen molar-refractivity contribution < 1.29 is 5.11 Å². The van der Waals surface area contributed by atoms with Crippen LogP contribution in [0.5, 0.6) is 0 Å². The van der Waals surface area contributed by atoms with Gasteiger partial charge in [0.1, 0.15) is 0 Å². The lowest BCUT2D eigenvalue weighted by atomic mass is 9.71. The van der Waals surface area contributed by atoms with Gasteiger partial charge in [0.2, 0.25) is 0 Å². The topological polar surface area (TPSA) is 35.5 Å². The number of rotatable bonds is 6. The van der Waals surface area contributed by atoms with Crippen molar-refractivity contribution in [2.75, 3.05) is 32.7 Å². The average molecular weight is 266 g/mol. The molecule has 0 spiro atoms. The highest BCUT2D eigenvalue weighted by atomic mass is 16.3. The first-order valence-electron chi connectivity index (χ1n) is 7.96. The lowest BCUT2D eigenvalue weighted by molar-refractivity contribution is -0.0937. The number of fused-ring (bicyclic) bond motifs is 1. The number of nitrogens with zero attached hydrogens (tertiary/aromatic N) is 1. The van der Waals surface area contributed by atoms with E-state index in [0.29, 0.717) is 5.92 Å². The summed E-state index contributed by atoms with van der Waals surface area (Å²) < 4.78 is 0. The zero-order chi connectivity index (χ0) is 13.7. The fraction of sp³-hybridized carbons (Fsp3) is 0.875. The maximum absolute atomic E-state index is 10.7. The quantitative estimate of drug-likeness (QED) is 0.571. The van der Waals surface area contributed by atoms with Crippen molar-refractivity contribution in [2.24, 2.45) is 5.92 Å². The lowest BCUT2D eigenvalue weighted by Crippen LogP contribution is -2.53. The minimum atomic E-state index is -0.351. The summed E-state index contributed by atoms with van der Waals surface area (Å²) in [5.74, 6) is 0.492. The normalized spacial score (nSPS) is 32.0. The molecule has 2 aliphatic rings. The van der Waals surface area contributed by atoms with Crippen LogP contribution in [0.2, 0.25) is 0 Å². The SMILES string of the molecule is C=C(CNCCC)CN1CCC2(O)CCCCC2C1. The van der Waals surface area contributed by atoms with Crippen molar-refractivity contribution in [1.29, 1.82) is 0 Å². The third-order valence-corrected chi connectivity index (χ3v) is 4.76. The maximum atomic E-state index is 10.7. The Kier molecular flexibility index (Phi) is 5.43. The van der Waals surface area contributed by atoms with Crippen LogP contribution in [-0.4, -0.2) is 48.3 Å². The molecule has 19 heavy (non-hydrogen) atoms. The van der Waals surface area contributed by atoms with Gasteiger partial charge in [-0.25, -0.2) is 0 Å². The van der Waals surface area contributed by atoms with Gasteiger partial charge in [-0.1, -0.05) is 26.3 Å². The summed E-state index contributed by atoms with van der Waals surface area (Å²) >= 11 is 0. The number of hydrogen-bond donors (Lipinski definition) is 2. The molecule has 1 saturated heterocycles. The molecule has 3 heteroatoms. The van der Waals surface area contributed by atoms with E-state index in [0.717, 1.165) is 45.6 Å². The molecule has 0 aromatic carbocycles. The Balaban J connectivity index is 1.76. The lowest BCUT2D eigenvalue weighted by Gasteiger charge is -2.47. The number of aliphatic hydroxyl groups is 1. The molecule has 2 unspecified atom stereocenters. The molecule has 0 amide bonds. The van der Waals surface area contributed by atoms with Crippen molar-refractivity contribution in [1.82, 2.24) is 10.2 Å². The van der Waals surface area contributed by atoms with E-state index in [2.05, 4.69) is 23.7 Å². The van der Waals surface area contributed by atoms with Gasteiger partial charge in [-0.3, -0.25) is 4.90 Å². The average Bonchev–Trinajstić information content (AvgIpc) is 2.39. The number of piperidine rings is 1. The van der Waals surface area contributed by atoms with E-state index < -0.39 is 0 Å². The van der Waals surface area contributed by atoms with Crippen LogP contribution in [0.15, 0.2) is 12.2 Å². The van der Waals surface area contributed by atoms with Crippen molar-refractivity contribution in [3.8, 4) is 0 Å². The zero-order valence-electron chi connectivity index (χ0n) is 12.5. The van der Waals surface area contributed by atoms with E-state index in [1.54, 1.807) is 0 Å². The summed E-state index contributed by atoms with van der Waals surface area (Å²) in [5, 5.41) is 14.1. The molecule has 110 valence electrons. The Hall–Kier alpha value is -0.380. The third kappa shape index (κ3) is 4.04. The van der Waals surface area contributed by atoms with E-state index in [1.807, 2.05) is 0 Å². The first kappa shape index (κ1) is 15.0. The summed E-state index contributed by atoms with van der Waals surface area (Å²) in [5.41, 5.74) is 0.922. The van der Waals surface area contributed by atoms with Crippen LogP contribution >= 0.6 is 0 Å². The predicted octanol–water partition coefficient (Wildman–Crippen LogP) is 2.17. The fourth-order valence-electron chi connectivity index (χ4n) is 3.60. The third-order valence-electron chi connectivity index (χ3n) is 4.76. The van der Waals surface area contributed by atoms with Crippen molar-refractivity contribution >= 4 is 0 Å². The molecule has 1 aliphatic carbocycles. The molecule has 0 aromatic rings. The minimum absolute atomic E-state index is 0.351. The van der Waals surface area contributed by atoms with Crippen molar-refractivity contribution in [3.63, 3.8) is 0 Å². The minimum Gasteiger partial charge on any atom is -0.390 e. The molecular weight excluding hydrogens is 236 g/mol. The molecule has 3 nitrogen and oxygen atoms in total. The summed E-state index contributed by atoms with van der Waals surface area (Å²) in [6.07, 6.45) is 6.85. The van der Waals surface area contributed by atoms with Crippen molar-refractivity contribution in [3.05, 3.63) is 12.2 Å². The molecular formula is C16H30N2O. The van der Waals surface area contributed by atoms with Crippen LogP contribution < -0.4 is 5.32 Å². The summed E-state index contributed by atoms with van der Waals surface area (Å²) in [6, 6.07) is 0. The number of hydrogen-bond acceptors (Lipinski definition) is 3. The van der Waals surface area contributed by atoms with Crippen molar-refractivity contribution in [2.45, 2.75) is 51.0 Å². The standard InChI is InChI=1S/C16H30N2O/c1-3-9-17-11-14(2)12-18-10-8-16(19)7-5-4-6-15(16)13-18/h15,17,19H,2-13H2,1H3. The van der Waals surface area contributed by atoms with Gasteiger partial charge in [0.25, 0.3) is 0 Å². The van der Waals surface area contributed by atoms with Gasteiger partial charge in [0.05, 0.1) is 5.60 Å². The van der Waals surface area contributed by atoms with Gasteiger partial charge < -0.3 is 10.4 Å². The monoisotopic (exact) mass is 266 g/mol. The second-order valence-corrected chi connectivity index (χ2v) is 6.46. The molecule has 2 atom stereocenters. The van der Waals surface area contributed by atoms with E-state index in [1.165, 1.54) is 31.3 Å². The maximum Gasteiger partial charge on any atom is 0.0700 e. The second kappa shape index (κ2) is 6.87. The molecule has 2 rings (SSSR count). The van der Waals surface area contributed by atoms with Crippen LogP contribution in [-0.2, 0) is 0 Å².